The fourth-order valence-corrected chi connectivity index (χ4v) is 4.26. The van der Waals surface area contributed by atoms with Gasteiger partial charge in [0.15, 0.2) is 0 Å². The lowest BCUT2D eigenvalue weighted by atomic mass is 9.88. The van der Waals surface area contributed by atoms with Crippen molar-refractivity contribution in [1.82, 2.24) is 5.32 Å². The van der Waals surface area contributed by atoms with Gasteiger partial charge in [0, 0.05) is 7.05 Å². The van der Waals surface area contributed by atoms with Crippen LogP contribution in [0.4, 0.5) is 5.69 Å². The Morgan fingerprint density at radius 3 is 2.46 bits per heavy atom. The number of sulfonamides is 1. The van der Waals surface area contributed by atoms with Gasteiger partial charge in [0.25, 0.3) is 5.91 Å². The lowest BCUT2D eigenvalue weighted by molar-refractivity contribution is 0.0936. The molecule has 0 spiro atoms. The number of nitrogens with zero attached hydrogens (tertiary/aromatic N) is 1. The van der Waals surface area contributed by atoms with Gasteiger partial charge in [-0.1, -0.05) is 37.3 Å². The van der Waals surface area contributed by atoms with Crippen molar-refractivity contribution in [2.45, 2.75) is 45.1 Å². The van der Waals surface area contributed by atoms with Crippen LogP contribution in [0.2, 0.25) is 0 Å². The largest absolute Gasteiger partial charge is 0.345 e. The number of aryl methyl sites for hydroxylation is 2. The summed E-state index contributed by atoms with van der Waals surface area (Å²) in [7, 11) is -1.99. The van der Waals surface area contributed by atoms with Gasteiger partial charge in [-0.2, -0.15) is 0 Å². The number of para-hydroxylation sites is 1. The zero-order chi connectivity index (χ0) is 20.3. The second kappa shape index (κ2) is 8.35. The van der Waals surface area contributed by atoms with E-state index in [0.29, 0.717) is 11.3 Å². The minimum absolute atomic E-state index is 0.115. The van der Waals surface area contributed by atoms with E-state index >= 15 is 0 Å². The summed E-state index contributed by atoms with van der Waals surface area (Å²) >= 11 is 0. The van der Waals surface area contributed by atoms with Gasteiger partial charge in [-0.05, 0) is 60.9 Å². The molecule has 0 aliphatic heterocycles. The molecule has 6 heteroatoms. The normalized spacial score (nSPS) is 14.8. The van der Waals surface area contributed by atoms with Gasteiger partial charge in [-0.25, -0.2) is 8.42 Å². The first-order chi connectivity index (χ1) is 13.3. The van der Waals surface area contributed by atoms with Crippen LogP contribution in [0, 0.1) is 0 Å². The maximum atomic E-state index is 13.0. The van der Waals surface area contributed by atoms with Crippen LogP contribution < -0.4 is 9.62 Å². The van der Waals surface area contributed by atoms with Crippen LogP contribution in [0.15, 0.2) is 42.5 Å². The molecule has 5 nitrogen and oxygen atoms in total. The van der Waals surface area contributed by atoms with Crippen LogP contribution in [-0.2, 0) is 22.9 Å². The molecule has 1 aliphatic carbocycles. The Kier molecular flexibility index (Phi) is 6.08. The average Bonchev–Trinajstić information content (AvgIpc) is 2.70. The molecule has 150 valence electrons. The molecule has 0 radical (unpaired) electrons. The van der Waals surface area contributed by atoms with E-state index in [2.05, 4.69) is 23.5 Å². The first-order valence-electron chi connectivity index (χ1n) is 9.76. The van der Waals surface area contributed by atoms with Gasteiger partial charge >= 0.3 is 0 Å². The van der Waals surface area contributed by atoms with Crippen molar-refractivity contribution >= 4 is 21.6 Å². The van der Waals surface area contributed by atoms with Crippen LogP contribution in [0.5, 0.6) is 0 Å². The third kappa shape index (κ3) is 4.38. The Hall–Kier alpha value is -2.34. The number of hydrogen-bond acceptors (Lipinski definition) is 3. The number of amides is 1. The van der Waals surface area contributed by atoms with E-state index < -0.39 is 10.0 Å². The first-order valence-corrected chi connectivity index (χ1v) is 11.6. The van der Waals surface area contributed by atoms with Gasteiger partial charge < -0.3 is 5.32 Å². The fourth-order valence-electron chi connectivity index (χ4n) is 3.75. The highest BCUT2D eigenvalue weighted by atomic mass is 32.2. The monoisotopic (exact) mass is 400 g/mol. The van der Waals surface area contributed by atoms with E-state index in [4.69, 9.17) is 0 Å². The number of anilines is 1. The molecule has 0 aromatic heterocycles. The van der Waals surface area contributed by atoms with Gasteiger partial charge in [0.1, 0.15) is 0 Å². The summed E-state index contributed by atoms with van der Waals surface area (Å²) in [6.07, 6.45) is 6.56. The summed E-state index contributed by atoms with van der Waals surface area (Å²) in [5.41, 5.74) is 4.63. The number of benzene rings is 2. The third-order valence-electron chi connectivity index (χ3n) is 5.47. The molecule has 2 aromatic rings. The molecule has 0 saturated heterocycles. The number of carbonyl (C=O) groups is 1. The second-order valence-electron chi connectivity index (χ2n) is 7.42. The van der Waals surface area contributed by atoms with Crippen LogP contribution >= 0.6 is 0 Å². The number of fused-ring (bicyclic) bond motifs is 1. The second-order valence-corrected chi connectivity index (χ2v) is 9.43. The number of nitrogens with one attached hydrogen (secondary N) is 1. The van der Waals surface area contributed by atoms with Crippen molar-refractivity contribution < 1.29 is 13.2 Å². The fraction of sp³-hybridized carbons (Fsp3) is 0.409. The van der Waals surface area contributed by atoms with Crippen LogP contribution in [0.1, 0.15) is 59.3 Å². The molecular weight excluding hydrogens is 372 g/mol. The number of carbonyl (C=O) groups excluding carboxylic acids is 1. The predicted octanol–water partition coefficient (Wildman–Crippen LogP) is 3.84. The molecule has 0 heterocycles. The minimum atomic E-state index is -3.46. The van der Waals surface area contributed by atoms with Crippen molar-refractivity contribution in [2.75, 3.05) is 17.6 Å². The molecule has 1 aliphatic rings. The summed E-state index contributed by atoms with van der Waals surface area (Å²) in [6, 6.07) is 13.2. The Morgan fingerprint density at radius 1 is 1.11 bits per heavy atom. The highest BCUT2D eigenvalue weighted by Crippen LogP contribution is 2.27. The van der Waals surface area contributed by atoms with E-state index in [0.717, 1.165) is 35.4 Å². The van der Waals surface area contributed by atoms with E-state index in [1.54, 1.807) is 24.3 Å². The summed E-state index contributed by atoms with van der Waals surface area (Å²) in [6.45, 7) is 2.04. The van der Waals surface area contributed by atoms with E-state index in [1.165, 1.54) is 31.0 Å². The van der Waals surface area contributed by atoms with Gasteiger partial charge in [0.2, 0.25) is 10.0 Å². The van der Waals surface area contributed by atoms with E-state index in [9.17, 15) is 13.2 Å². The Morgan fingerprint density at radius 2 is 1.79 bits per heavy atom. The molecule has 1 amide bonds. The van der Waals surface area contributed by atoms with Gasteiger partial charge in [-0.3, -0.25) is 9.10 Å². The summed E-state index contributed by atoms with van der Waals surface area (Å²) < 4.78 is 25.0. The first kappa shape index (κ1) is 20.4. The maximum absolute atomic E-state index is 13.0. The standard InChI is InChI=1S/C22H28N2O3S/c1-4-20(18-14-13-16-9-5-6-10-17(16)15-18)23-22(25)19-11-7-8-12-21(19)24(2)28(3,26)27/h7-8,11-15,20H,4-6,9-10H2,1-3H3,(H,23,25). The highest BCUT2D eigenvalue weighted by molar-refractivity contribution is 7.92. The predicted molar refractivity (Wildman–Crippen MR) is 113 cm³/mol. The average molecular weight is 401 g/mol. The SMILES string of the molecule is CCC(NC(=O)c1ccccc1N(C)S(C)(=O)=O)c1ccc2c(c1)CCCC2. The lowest BCUT2D eigenvalue weighted by Gasteiger charge is -2.23. The molecule has 1 atom stereocenters. The molecular formula is C22H28N2O3S. The highest BCUT2D eigenvalue weighted by Gasteiger charge is 2.22. The lowest BCUT2D eigenvalue weighted by Crippen LogP contribution is -2.32. The topological polar surface area (TPSA) is 66.5 Å². The van der Waals surface area contributed by atoms with E-state index in [1.807, 2.05) is 6.92 Å². The van der Waals surface area contributed by atoms with Crippen molar-refractivity contribution in [3.05, 3.63) is 64.7 Å². The summed E-state index contributed by atoms with van der Waals surface area (Å²) in [5, 5.41) is 3.09. The van der Waals surface area contributed by atoms with Gasteiger partial charge in [-0.15, -0.1) is 0 Å². The minimum Gasteiger partial charge on any atom is -0.345 e. The molecule has 28 heavy (non-hydrogen) atoms. The Bertz CT molecular complexity index is 969. The number of hydrogen-bond donors (Lipinski definition) is 1. The van der Waals surface area contributed by atoms with Crippen LogP contribution in [0.25, 0.3) is 0 Å². The van der Waals surface area contributed by atoms with E-state index in [-0.39, 0.29) is 11.9 Å². The molecule has 2 aromatic carbocycles. The molecule has 1 unspecified atom stereocenters. The molecule has 3 rings (SSSR count). The smallest absolute Gasteiger partial charge is 0.253 e. The maximum Gasteiger partial charge on any atom is 0.253 e. The zero-order valence-corrected chi connectivity index (χ0v) is 17.6. The van der Waals surface area contributed by atoms with Crippen molar-refractivity contribution in [3.63, 3.8) is 0 Å². The van der Waals surface area contributed by atoms with Crippen molar-refractivity contribution in [1.29, 1.82) is 0 Å². The van der Waals surface area contributed by atoms with Crippen LogP contribution in [-0.4, -0.2) is 27.6 Å². The number of rotatable bonds is 6. The molecule has 0 fully saturated rings. The zero-order valence-electron chi connectivity index (χ0n) is 16.7. The van der Waals surface area contributed by atoms with Crippen LogP contribution in [0.3, 0.4) is 0 Å². The Balaban J connectivity index is 1.86. The Labute approximate surface area is 167 Å². The van der Waals surface area contributed by atoms with Crippen molar-refractivity contribution in [3.8, 4) is 0 Å². The molecule has 0 saturated carbocycles. The van der Waals surface area contributed by atoms with Gasteiger partial charge in [0.05, 0.1) is 23.5 Å². The summed E-state index contributed by atoms with van der Waals surface area (Å²) in [5.74, 6) is -0.268. The third-order valence-corrected chi connectivity index (χ3v) is 6.67. The molecule has 1 N–H and O–H groups in total. The quantitative estimate of drug-likeness (QED) is 0.801. The summed E-state index contributed by atoms with van der Waals surface area (Å²) in [4.78, 5) is 13.0. The van der Waals surface area contributed by atoms with Crippen molar-refractivity contribution in [2.24, 2.45) is 0 Å². The molecule has 0 bridgehead atoms.